The lowest BCUT2D eigenvalue weighted by Crippen LogP contribution is -2.43. The summed E-state index contributed by atoms with van der Waals surface area (Å²) in [5.41, 5.74) is 6.89. The molecule has 4 heteroatoms. The van der Waals surface area contributed by atoms with Gasteiger partial charge in [-0.05, 0) is 44.4 Å². The topological polar surface area (TPSA) is 38.5 Å². The van der Waals surface area contributed by atoms with Crippen LogP contribution >= 0.6 is 11.6 Å². The fourth-order valence-corrected chi connectivity index (χ4v) is 2.99. The molecular weight excluding hydrogens is 260 g/mol. The molecule has 2 N–H and O–H groups in total. The van der Waals surface area contributed by atoms with E-state index in [1.165, 1.54) is 12.8 Å². The second kappa shape index (κ2) is 6.60. The number of hydrogen-bond donors (Lipinski definition) is 1. The minimum Gasteiger partial charge on any atom is -0.496 e. The van der Waals surface area contributed by atoms with Crippen LogP contribution in [0.3, 0.4) is 0 Å². The van der Waals surface area contributed by atoms with Crippen LogP contribution in [-0.2, 0) is 6.54 Å². The monoisotopic (exact) mass is 282 g/mol. The van der Waals surface area contributed by atoms with Gasteiger partial charge in [-0.2, -0.15) is 0 Å². The zero-order valence-corrected chi connectivity index (χ0v) is 12.5. The number of ether oxygens (including phenoxy) is 1. The van der Waals surface area contributed by atoms with Gasteiger partial charge in [-0.3, -0.25) is 4.90 Å². The Labute approximate surface area is 120 Å². The molecule has 0 radical (unpaired) electrons. The quantitative estimate of drug-likeness (QED) is 0.923. The SMILES string of the molecule is COc1cccc(Cl)c1CN1CC(CN)CCC1C. The van der Waals surface area contributed by atoms with E-state index in [0.717, 1.165) is 36.0 Å². The summed E-state index contributed by atoms with van der Waals surface area (Å²) in [7, 11) is 1.69. The molecule has 0 saturated carbocycles. The van der Waals surface area contributed by atoms with Crippen LogP contribution in [0.1, 0.15) is 25.3 Å². The smallest absolute Gasteiger partial charge is 0.124 e. The van der Waals surface area contributed by atoms with E-state index in [4.69, 9.17) is 22.1 Å². The van der Waals surface area contributed by atoms with Gasteiger partial charge in [0.15, 0.2) is 0 Å². The molecule has 2 rings (SSSR count). The first-order chi connectivity index (χ1) is 9.15. The largest absolute Gasteiger partial charge is 0.496 e. The first kappa shape index (κ1) is 14.6. The van der Waals surface area contributed by atoms with E-state index in [2.05, 4.69) is 11.8 Å². The number of methoxy groups -OCH3 is 1. The molecule has 106 valence electrons. The van der Waals surface area contributed by atoms with Gasteiger partial charge in [-0.25, -0.2) is 0 Å². The van der Waals surface area contributed by atoms with Crippen LogP contribution in [0, 0.1) is 5.92 Å². The molecule has 2 unspecified atom stereocenters. The van der Waals surface area contributed by atoms with Gasteiger partial charge in [-0.15, -0.1) is 0 Å². The molecule has 1 aromatic rings. The van der Waals surface area contributed by atoms with Crippen LogP contribution in [0.25, 0.3) is 0 Å². The Morgan fingerprint density at radius 2 is 2.21 bits per heavy atom. The maximum atomic E-state index is 6.31. The van der Waals surface area contributed by atoms with Crippen molar-refractivity contribution < 1.29 is 4.74 Å². The Hall–Kier alpha value is -0.770. The summed E-state index contributed by atoms with van der Waals surface area (Å²) in [5.74, 6) is 1.47. The van der Waals surface area contributed by atoms with Gasteiger partial charge < -0.3 is 10.5 Å². The highest BCUT2D eigenvalue weighted by molar-refractivity contribution is 6.31. The van der Waals surface area contributed by atoms with Crippen LogP contribution in [0.15, 0.2) is 18.2 Å². The molecule has 1 saturated heterocycles. The lowest BCUT2D eigenvalue weighted by Gasteiger charge is -2.38. The van der Waals surface area contributed by atoms with Gasteiger partial charge in [0.1, 0.15) is 5.75 Å². The zero-order chi connectivity index (χ0) is 13.8. The molecule has 1 heterocycles. The Kier molecular flexibility index (Phi) is 5.08. The number of halogens is 1. The molecule has 1 aliphatic heterocycles. The fourth-order valence-electron chi connectivity index (χ4n) is 2.76. The van der Waals surface area contributed by atoms with Crippen LogP contribution in [0.5, 0.6) is 5.75 Å². The predicted molar refractivity (Wildman–Crippen MR) is 79.7 cm³/mol. The highest BCUT2D eigenvalue weighted by atomic mass is 35.5. The second-order valence-corrected chi connectivity index (χ2v) is 5.79. The summed E-state index contributed by atoms with van der Waals surface area (Å²) >= 11 is 6.31. The minimum atomic E-state index is 0.573. The first-order valence-corrected chi connectivity index (χ1v) is 7.29. The number of hydrogen-bond acceptors (Lipinski definition) is 3. The molecule has 19 heavy (non-hydrogen) atoms. The third-order valence-corrected chi connectivity index (χ3v) is 4.45. The molecule has 1 aliphatic rings. The van der Waals surface area contributed by atoms with E-state index in [0.29, 0.717) is 12.0 Å². The number of benzene rings is 1. The fraction of sp³-hybridized carbons (Fsp3) is 0.600. The van der Waals surface area contributed by atoms with Crippen LogP contribution in [0.2, 0.25) is 5.02 Å². The van der Waals surface area contributed by atoms with Gasteiger partial charge in [0.25, 0.3) is 0 Å². The molecule has 0 aliphatic carbocycles. The van der Waals surface area contributed by atoms with Crippen molar-refractivity contribution in [2.45, 2.75) is 32.4 Å². The molecule has 3 nitrogen and oxygen atoms in total. The van der Waals surface area contributed by atoms with Crippen molar-refractivity contribution in [1.82, 2.24) is 4.90 Å². The van der Waals surface area contributed by atoms with Gasteiger partial charge in [-0.1, -0.05) is 17.7 Å². The summed E-state index contributed by atoms with van der Waals surface area (Å²) in [6.45, 7) is 4.92. The summed E-state index contributed by atoms with van der Waals surface area (Å²) in [4.78, 5) is 2.46. The average Bonchev–Trinajstić information content (AvgIpc) is 2.43. The summed E-state index contributed by atoms with van der Waals surface area (Å²) < 4.78 is 5.42. The molecule has 0 aromatic heterocycles. The maximum absolute atomic E-state index is 6.31. The first-order valence-electron chi connectivity index (χ1n) is 6.91. The third-order valence-electron chi connectivity index (χ3n) is 4.10. The van der Waals surface area contributed by atoms with Gasteiger partial charge in [0.05, 0.1) is 7.11 Å². The van der Waals surface area contributed by atoms with Crippen molar-refractivity contribution in [3.63, 3.8) is 0 Å². The standard InChI is InChI=1S/C15H23ClN2O/c1-11-6-7-12(8-17)9-18(11)10-13-14(16)4-3-5-15(13)19-2/h3-5,11-12H,6-10,17H2,1-2H3. The van der Waals surface area contributed by atoms with E-state index in [1.807, 2.05) is 18.2 Å². The van der Waals surface area contributed by atoms with Gasteiger partial charge >= 0.3 is 0 Å². The van der Waals surface area contributed by atoms with E-state index < -0.39 is 0 Å². The molecule has 1 fully saturated rings. The third kappa shape index (κ3) is 3.41. The van der Waals surface area contributed by atoms with E-state index in [-0.39, 0.29) is 0 Å². The average molecular weight is 283 g/mol. The Bertz CT molecular complexity index is 425. The number of piperidine rings is 1. The Morgan fingerprint density at radius 1 is 1.42 bits per heavy atom. The Balaban J connectivity index is 2.15. The highest BCUT2D eigenvalue weighted by Crippen LogP contribution is 2.30. The Morgan fingerprint density at radius 3 is 2.89 bits per heavy atom. The molecular formula is C15H23ClN2O. The molecule has 1 aromatic carbocycles. The normalized spacial score (nSPS) is 24.4. The van der Waals surface area contributed by atoms with Crippen molar-refractivity contribution in [3.05, 3.63) is 28.8 Å². The van der Waals surface area contributed by atoms with Crippen LogP contribution < -0.4 is 10.5 Å². The summed E-state index contributed by atoms with van der Waals surface area (Å²) in [6.07, 6.45) is 2.43. The maximum Gasteiger partial charge on any atom is 0.124 e. The molecule has 0 spiro atoms. The second-order valence-electron chi connectivity index (χ2n) is 5.38. The molecule has 0 bridgehead atoms. The summed E-state index contributed by atoms with van der Waals surface area (Å²) in [6, 6.07) is 6.39. The van der Waals surface area contributed by atoms with Crippen molar-refractivity contribution >= 4 is 11.6 Å². The zero-order valence-electron chi connectivity index (χ0n) is 11.7. The van der Waals surface area contributed by atoms with Crippen molar-refractivity contribution in [1.29, 1.82) is 0 Å². The van der Waals surface area contributed by atoms with E-state index >= 15 is 0 Å². The van der Waals surface area contributed by atoms with Crippen molar-refractivity contribution in [2.75, 3.05) is 20.2 Å². The highest BCUT2D eigenvalue weighted by Gasteiger charge is 2.25. The molecule has 0 amide bonds. The lowest BCUT2D eigenvalue weighted by molar-refractivity contribution is 0.112. The molecule has 2 atom stereocenters. The summed E-state index contributed by atoms with van der Waals surface area (Å²) in [5, 5.41) is 0.779. The van der Waals surface area contributed by atoms with Crippen molar-refractivity contribution in [3.8, 4) is 5.75 Å². The number of nitrogens with two attached hydrogens (primary N) is 1. The van der Waals surface area contributed by atoms with Gasteiger partial charge in [0.2, 0.25) is 0 Å². The van der Waals surface area contributed by atoms with Gasteiger partial charge in [0, 0.05) is 29.7 Å². The lowest BCUT2D eigenvalue weighted by atomic mass is 9.93. The predicted octanol–water partition coefficient (Wildman–Crippen LogP) is 2.91. The number of rotatable bonds is 4. The van der Waals surface area contributed by atoms with Crippen LogP contribution in [0.4, 0.5) is 0 Å². The minimum absolute atomic E-state index is 0.573. The van der Waals surface area contributed by atoms with E-state index in [9.17, 15) is 0 Å². The van der Waals surface area contributed by atoms with E-state index in [1.54, 1.807) is 7.11 Å². The van der Waals surface area contributed by atoms with Crippen LogP contribution in [-0.4, -0.2) is 31.1 Å². The van der Waals surface area contributed by atoms with Crippen molar-refractivity contribution in [2.24, 2.45) is 11.7 Å². The number of nitrogens with zero attached hydrogens (tertiary/aromatic N) is 1. The number of likely N-dealkylation sites (tertiary alicyclic amines) is 1.